The smallest absolute Gasteiger partial charge is 0.119 e. The zero-order chi connectivity index (χ0) is 22.9. The van der Waals surface area contributed by atoms with Gasteiger partial charge in [0, 0.05) is 30.6 Å². The van der Waals surface area contributed by atoms with Gasteiger partial charge in [-0.05, 0) is 124 Å². The zero-order valence-corrected chi connectivity index (χ0v) is 21.7. The first-order valence-corrected chi connectivity index (χ1v) is 14.8. The Morgan fingerprint density at radius 2 is 1.79 bits per heavy atom. The third kappa shape index (κ3) is 3.14. The van der Waals surface area contributed by atoms with E-state index in [1.54, 1.807) is 11.1 Å². The van der Waals surface area contributed by atoms with Gasteiger partial charge in [-0.1, -0.05) is 25.3 Å². The van der Waals surface area contributed by atoms with Gasteiger partial charge in [0.1, 0.15) is 5.75 Å². The average Bonchev–Trinajstić information content (AvgIpc) is 3.64. The van der Waals surface area contributed by atoms with Crippen molar-refractivity contribution >= 4 is 0 Å². The first kappa shape index (κ1) is 22.2. The molecule has 0 radical (unpaired) electrons. The summed E-state index contributed by atoms with van der Waals surface area (Å²) in [6, 6.07) is 8.73. The van der Waals surface area contributed by atoms with Crippen molar-refractivity contribution in [1.82, 2.24) is 9.80 Å². The molecule has 3 nitrogen and oxygen atoms in total. The first-order chi connectivity index (χ1) is 16.6. The Balaban J connectivity index is 1.27. The summed E-state index contributed by atoms with van der Waals surface area (Å²) < 4.78 is 5.82. The summed E-state index contributed by atoms with van der Waals surface area (Å²) in [5.74, 6) is 3.85. The number of benzene rings is 1. The van der Waals surface area contributed by atoms with Crippen molar-refractivity contribution in [2.24, 2.45) is 23.2 Å². The van der Waals surface area contributed by atoms with Crippen LogP contribution in [0, 0.1) is 23.2 Å². The zero-order valence-electron chi connectivity index (χ0n) is 21.7. The van der Waals surface area contributed by atoms with Gasteiger partial charge in [-0.2, -0.15) is 0 Å². The van der Waals surface area contributed by atoms with Gasteiger partial charge in [0.25, 0.3) is 0 Å². The van der Waals surface area contributed by atoms with Gasteiger partial charge in [-0.15, -0.1) is 0 Å². The van der Waals surface area contributed by atoms with E-state index in [4.69, 9.17) is 4.74 Å². The molecule has 1 saturated heterocycles. The molecule has 5 aliphatic carbocycles. The van der Waals surface area contributed by atoms with Crippen LogP contribution in [-0.4, -0.2) is 55.7 Å². The van der Waals surface area contributed by atoms with E-state index in [1.165, 1.54) is 103 Å². The topological polar surface area (TPSA) is 15.7 Å². The van der Waals surface area contributed by atoms with E-state index in [2.05, 4.69) is 35.0 Å². The standard InChI is InChI=1S/C31H46N2O/c1-32(20-22-6-4-3-5-7-22)28-13-15-30-14-12-26(28)31(30)16-17-33(21-23-8-9-23)29(30)18-24-10-11-25(34-2)19-27(24)31/h10-11,19,22-23,26,28-29H,3-9,12-18,20-21H2,1-2H3. The number of hydrogen-bond donors (Lipinski definition) is 0. The maximum atomic E-state index is 5.82. The molecule has 34 heavy (non-hydrogen) atoms. The van der Waals surface area contributed by atoms with Crippen LogP contribution in [-0.2, 0) is 11.8 Å². The van der Waals surface area contributed by atoms with Crippen molar-refractivity contribution in [3.63, 3.8) is 0 Å². The minimum atomic E-state index is 0.379. The normalized spacial score (nSPS) is 39.7. The molecule has 5 unspecified atom stereocenters. The van der Waals surface area contributed by atoms with E-state index in [-0.39, 0.29) is 0 Å². The molecule has 7 rings (SSSR count). The highest BCUT2D eigenvalue weighted by Gasteiger charge is 2.71. The molecule has 6 aliphatic rings. The molecule has 186 valence electrons. The lowest BCUT2D eigenvalue weighted by atomic mass is 9.43. The van der Waals surface area contributed by atoms with Gasteiger partial charge < -0.3 is 9.64 Å². The summed E-state index contributed by atoms with van der Waals surface area (Å²) in [4.78, 5) is 5.86. The first-order valence-electron chi connectivity index (χ1n) is 14.8. The molecule has 1 aromatic rings. The molecule has 5 fully saturated rings. The fourth-order valence-corrected chi connectivity index (χ4v) is 10.3. The molecule has 0 amide bonds. The van der Waals surface area contributed by atoms with Crippen molar-refractivity contribution < 1.29 is 4.74 Å². The van der Waals surface area contributed by atoms with Crippen LogP contribution in [0.15, 0.2) is 18.2 Å². The Labute approximate surface area is 207 Å². The third-order valence-electron chi connectivity index (χ3n) is 11.9. The number of rotatable bonds is 6. The summed E-state index contributed by atoms with van der Waals surface area (Å²) in [5, 5.41) is 0. The summed E-state index contributed by atoms with van der Waals surface area (Å²) in [6.07, 6.45) is 18.7. The van der Waals surface area contributed by atoms with Crippen molar-refractivity contribution in [2.75, 3.05) is 33.8 Å². The number of nitrogens with zero attached hydrogens (tertiary/aromatic N) is 2. The van der Waals surface area contributed by atoms with Gasteiger partial charge in [-0.3, -0.25) is 4.90 Å². The molecule has 1 heterocycles. The quantitative estimate of drug-likeness (QED) is 0.512. The molecule has 1 aliphatic heterocycles. The highest BCUT2D eigenvalue weighted by Crippen LogP contribution is 2.72. The fraction of sp³-hybridized carbons (Fsp3) is 0.806. The monoisotopic (exact) mass is 462 g/mol. The van der Waals surface area contributed by atoms with Crippen molar-refractivity contribution in [2.45, 2.75) is 101 Å². The Morgan fingerprint density at radius 3 is 2.59 bits per heavy atom. The minimum absolute atomic E-state index is 0.379. The van der Waals surface area contributed by atoms with Crippen LogP contribution in [0.25, 0.3) is 0 Å². The Morgan fingerprint density at radius 1 is 0.971 bits per heavy atom. The van der Waals surface area contributed by atoms with E-state index in [1.807, 2.05) is 7.11 Å². The minimum Gasteiger partial charge on any atom is -0.497 e. The van der Waals surface area contributed by atoms with E-state index in [9.17, 15) is 0 Å². The van der Waals surface area contributed by atoms with Gasteiger partial charge in [0.2, 0.25) is 0 Å². The Kier molecular flexibility index (Phi) is 5.37. The Bertz CT molecular complexity index is 920. The fourth-order valence-electron chi connectivity index (χ4n) is 10.3. The number of hydrogen-bond acceptors (Lipinski definition) is 3. The molecule has 3 heteroatoms. The summed E-state index contributed by atoms with van der Waals surface area (Å²) in [6.45, 7) is 4.05. The van der Waals surface area contributed by atoms with Crippen LogP contribution < -0.4 is 4.74 Å². The molecular formula is C31H46N2O. The largest absolute Gasteiger partial charge is 0.497 e. The van der Waals surface area contributed by atoms with Gasteiger partial charge in [0.05, 0.1) is 7.11 Å². The van der Waals surface area contributed by atoms with Crippen LogP contribution >= 0.6 is 0 Å². The van der Waals surface area contributed by atoms with E-state index >= 15 is 0 Å². The lowest BCUT2D eigenvalue weighted by molar-refractivity contribution is -0.108. The number of ether oxygens (including phenoxy) is 1. The molecule has 4 bridgehead atoms. The maximum absolute atomic E-state index is 5.82. The summed E-state index contributed by atoms with van der Waals surface area (Å²) in [5.41, 5.74) is 4.26. The van der Waals surface area contributed by atoms with E-state index < -0.39 is 0 Å². The maximum Gasteiger partial charge on any atom is 0.119 e. The summed E-state index contributed by atoms with van der Waals surface area (Å²) in [7, 11) is 4.35. The number of methoxy groups -OCH3 is 1. The highest BCUT2D eigenvalue weighted by atomic mass is 16.5. The number of likely N-dealkylation sites (tertiary alicyclic amines) is 1. The van der Waals surface area contributed by atoms with Crippen LogP contribution in [0.5, 0.6) is 5.75 Å². The third-order valence-corrected chi connectivity index (χ3v) is 11.9. The van der Waals surface area contributed by atoms with E-state index in [0.717, 1.165) is 35.6 Å². The highest BCUT2D eigenvalue weighted by molar-refractivity contribution is 5.50. The lowest BCUT2D eigenvalue weighted by Crippen LogP contribution is -2.70. The van der Waals surface area contributed by atoms with Crippen molar-refractivity contribution in [3.8, 4) is 5.75 Å². The predicted molar refractivity (Wildman–Crippen MR) is 138 cm³/mol. The molecule has 5 atom stereocenters. The molecule has 4 saturated carbocycles. The SMILES string of the molecule is COc1ccc2c(c1)C13CCN(CC4CC4)C(C2)C12CCC(N(C)CC1CCCCC1)C3CC2. The van der Waals surface area contributed by atoms with Crippen LogP contribution in [0.2, 0.25) is 0 Å². The average molecular weight is 463 g/mol. The molecule has 1 aromatic carbocycles. The van der Waals surface area contributed by atoms with Gasteiger partial charge in [-0.25, -0.2) is 0 Å². The van der Waals surface area contributed by atoms with Crippen LogP contribution in [0.4, 0.5) is 0 Å². The molecular weight excluding hydrogens is 416 g/mol. The second-order valence-corrected chi connectivity index (χ2v) is 13.3. The predicted octanol–water partition coefficient (Wildman–Crippen LogP) is 6.04. The van der Waals surface area contributed by atoms with Gasteiger partial charge >= 0.3 is 0 Å². The number of piperidine rings is 1. The molecule has 0 aromatic heterocycles. The van der Waals surface area contributed by atoms with Crippen LogP contribution in [0.3, 0.4) is 0 Å². The molecule has 0 N–H and O–H groups in total. The second-order valence-electron chi connectivity index (χ2n) is 13.3. The van der Waals surface area contributed by atoms with Crippen molar-refractivity contribution in [1.29, 1.82) is 0 Å². The summed E-state index contributed by atoms with van der Waals surface area (Å²) >= 11 is 0. The van der Waals surface area contributed by atoms with Crippen LogP contribution in [0.1, 0.15) is 88.2 Å². The van der Waals surface area contributed by atoms with E-state index in [0.29, 0.717) is 10.8 Å². The lowest BCUT2D eigenvalue weighted by Gasteiger charge is -2.67. The number of fused-ring (bicyclic) bond motifs is 1. The second kappa shape index (κ2) is 8.23. The van der Waals surface area contributed by atoms with Crippen molar-refractivity contribution in [3.05, 3.63) is 29.3 Å². The molecule has 0 spiro atoms. The Hall–Kier alpha value is -1.06. The van der Waals surface area contributed by atoms with Gasteiger partial charge in [0.15, 0.2) is 0 Å².